The summed E-state index contributed by atoms with van der Waals surface area (Å²) in [4.78, 5) is 8.11. The van der Waals surface area contributed by atoms with E-state index >= 15 is 0 Å². The number of rotatable bonds is 5. The molecule has 0 spiro atoms. The van der Waals surface area contributed by atoms with Gasteiger partial charge in [0.25, 0.3) is 0 Å². The zero-order chi connectivity index (χ0) is 13.7. The van der Waals surface area contributed by atoms with E-state index in [0.717, 1.165) is 13.0 Å². The highest BCUT2D eigenvalue weighted by Gasteiger charge is 2.04. The van der Waals surface area contributed by atoms with Crippen LogP contribution in [0.5, 0.6) is 11.6 Å². The highest BCUT2D eigenvalue weighted by Crippen LogP contribution is 2.23. The Morgan fingerprint density at radius 3 is 2.68 bits per heavy atom. The van der Waals surface area contributed by atoms with E-state index in [1.807, 2.05) is 0 Å². The molecule has 1 heterocycles. The number of anilines is 2. The third-order valence-electron chi connectivity index (χ3n) is 2.31. The number of hydrogen-bond donors (Lipinski definition) is 2. The first-order valence-electron chi connectivity index (χ1n) is 5.99. The van der Waals surface area contributed by atoms with E-state index in [-0.39, 0.29) is 5.95 Å². The van der Waals surface area contributed by atoms with Crippen molar-refractivity contribution in [2.75, 3.05) is 17.6 Å². The molecule has 0 aliphatic heterocycles. The minimum absolute atomic E-state index is 0.171. The molecule has 2 rings (SSSR count). The predicted octanol–water partition coefficient (Wildman–Crippen LogP) is 3.33. The largest absolute Gasteiger partial charge is 0.439 e. The van der Waals surface area contributed by atoms with Gasteiger partial charge < -0.3 is 15.8 Å². The molecule has 0 unspecified atom stereocenters. The van der Waals surface area contributed by atoms with Crippen molar-refractivity contribution in [3.05, 3.63) is 35.4 Å². The van der Waals surface area contributed by atoms with Gasteiger partial charge in [-0.3, -0.25) is 0 Å². The lowest BCUT2D eigenvalue weighted by Crippen LogP contribution is -2.05. The Kier molecular flexibility index (Phi) is 4.41. The van der Waals surface area contributed by atoms with Gasteiger partial charge in [-0.2, -0.15) is 9.97 Å². The predicted molar refractivity (Wildman–Crippen MR) is 76.8 cm³/mol. The number of nitrogens with two attached hydrogens (primary N) is 1. The Bertz CT molecular complexity index is 545. The summed E-state index contributed by atoms with van der Waals surface area (Å²) in [7, 11) is 0. The van der Waals surface area contributed by atoms with Crippen molar-refractivity contribution in [3.63, 3.8) is 0 Å². The number of ether oxygens (including phenoxy) is 1. The van der Waals surface area contributed by atoms with Crippen LogP contribution in [0.2, 0.25) is 5.02 Å². The number of nitrogens with one attached hydrogen (secondary N) is 1. The maximum Gasteiger partial charge on any atom is 0.226 e. The molecule has 1 aromatic heterocycles. The highest BCUT2D eigenvalue weighted by atomic mass is 35.5. The molecule has 0 aliphatic carbocycles. The van der Waals surface area contributed by atoms with Crippen molar-refractivity contribution in [2.24, 2.45) is 0 Å². The summed E-state index contributed by atoms with van der Waals surface area (Å²) < 4.78 is 5.61. The van der Waals surface area contributed by atoms with Gasteiger partial charge in [-0.25, -0.2) is 0 Å². The molecule has 0 saturated heterocycles. The van der Waals surface area contributed by atoms with Gasteiger partial charge in [0, 0.05) is 17.6 Å². The number of nitrogens with zero attached hydrogens (tertiary/aromatic N) is 2. The summed E-state index contributed by atoms with van der Waals surface area (Å²) in [6, 6.07) is 8.73. The van der Waals surface area contributed by atoms with Gasteiger partial charge in [0.2, 0.25) is 11.8 Å². The zero-order valence-corrected chi connectivity index (χ0v) is 11.3. The van der Waals surface area contributed by atoms with Gasteiger partial charge in [-0.15, -0.1) is 0 Å². The monoisotopic (exact) mass is 278 g/mol. The first-order chi connectivity index (χ1) is 9.17. The number of nitrogen functional groups attached to an aromatic ring is 1. The van der Waals surface area contributed by atoms with E-state index in [0.29, 0.717) is 22.5 Å². The lowest BCUT2D eigenvalue weighted by atomic mass is 10.3. The topological polar surface area (TPSA) is 73.1 Å². The van der Waals surface area contributed by atoms with Crippen LogP contribution in [0.4, 0.5) is 11.8 Å². The maximum absolute atomic E-state index is 5.81. The lowest BCUT2D eigenvalue weighted by Gasteiger charge is -2.08. The lowest BCUT2D eigenvalue weighted by molar-refractivity contribution is 0.463. The summed E-state index contributed by atoms with van der Waals surface area (Å²) in [6.45, 7) is 2.89. The molecule has 0 bridgehead atoms. The van der Waals surface area contributed by atoms with Crippen LogP contribution in [-0.2, 0) is 0 Å². The fourth-order valence-corrected chi connectivity index (χ4v) is 1.59. The molecule has 1 aromatic carbocycles. The van der Waals surface area contributed by atoms with Gasteiger partial charge in [0.15, 0.2) is 0 Å². The van der Waals surface area contributed by atoms with E-state index in [2.05, 4.69) is 22.2 Å². The molecular formula is C13H15ClN4O. The second-order valence-corrected chi connectivity index (χ2v) is 4.37. The molecule has 100 valence electrons. The van der Waals surface area contributed by atoms with Crippen LogP contribution >= 0.6 is 11.6 Å². The highest BCUT2D eigenvalue weighted by molar-refractivity contribution is 6.30. The summed E-state index contributed by atoms with van der Waals surface area (Å²) in [5, 5.41) is 3.79. The first kappa shape index (κ1) is 13.4. The molecule has 0 amide bonds. The smallest absolute Gasteiger partial charge is 0.226 e. The number of halogens is 1. The Balaban J connectivity index is 2.15. The Hall–Kier alpha value is -2.01. The molecule has 2 aromatic rings. The van der Waals surface area contributed by atoms with Crippen LogP contribution in [0.25, 0.3) is 0 Å². The molecule has 0 fully saturated rings. The van der Waals surface area contributed by atoms with E-state index < -0.39 is 0 Å². The van der Waals surface area contributed by atoms with Gasteiger partial charge in [-0.05, 0) is 30.7 Å². The molecule has 0 saturated carbocycles. The molecule has 0 radical (unpaired) electrons. The van der Waals surface area contributed by atoms with E-state index in [9.17, 15) is 0 Å². The fraction of sp³-hybridized carbons (Fsp3) is 0.231. The average molecular weight is 279 g/mol. The summed E-state index contributed by atoms with van der Waals surface area (Å²) in [5.41, 5.74) is 5.65. The summed E-state index contributed by atoms with van der Waals surface area (Å²) >= 11 is 5.81. The van der Waals surface area contributed by atoms with Crippen LogP contribution in [0, 0.1) is 0 Å². The molecular weight excluding hydrogens is 264 g/mol. The van der Waals surface area contributed by atoms with Crippen LogP contribution in [0.3, 0.4) is 0 Å². The normalized spacial score (nSPS) is 10.2. The van der Waals surface area contributed by atoms with Gasteiger partial charge >= 0.3 is 0 Å². The van der Waals surface area contributed by atoms with Gasteiger partial charge in [-0.1, -0.05) is 18.5 Å². The summed E-state index contributed by atoms with van der Waals surface area (Å²) in [5.74, 6) is 1.86. The fourth-order valence-electron chi connectivity index (χ4n) is 1.46. The minimum atomic E-state index is 0.171. The molecule has 19 heavy (non-hydrogen) atoms. The van der Waals surface area contributed by atoms with Crippen LogP contribution < -0.4 is 15.8 Å². The van der Waals surface area contributed by atoms with Gasteiger partial charge in [0.05, 0.1) is 0 Å². The van der Waals surface area contributed by atoms with Crippen molar-refractivity contribution >= 4 is 23.4 Å². The number of benzene rings is 1. The zero-order valence-electron chi connectivity index (χ0n) is 10.6. The third-order valence-corrected chi connectivity index (χ3v) is 2.56. The van der Waals surface area contributed by atoms with E-state index in [1.165, 1.54) is 0 Å². The van der Waals surface area contributed by atoms with Crippen molar-refractivity contribution in [3.8, 4) is 11.6 Å². The SMILES string of the molecule is CCCNc1cc(Oc2ccc(Cl)cc2)nc(N)n1. The van der Waals surface area contributed by atoms with Gasteiger partial charge in [0.1, 0.15) is 11.6 Å². The summed E-state index contributed by atoms with van der Waals surface area (Å²) in [6.07, 6.45) is 0.997. The van der Waals surface area contributed by atoms with Crippen molar-refractivity contribution < 1.29 is 4.74 Å². The standard InChI is InChI=1S/C13H15ClN4O/c1-2-7-16-11-8-12(18-13(15)17-11)19-10-5-3-9(14)4-6-10/h3-6,8H,2,7H2,1H3,(H3,15,16,17,18). The number of hydrogen-bond acceptors (Lipinski definition) is 5. The molecule has 6 heteroatoms. The Morgan fingerprint density at radius 2 is 2.00 bits per heavy atom. The van der Waals surface area contributed by atoms with Crippen LogP contribution in [0.1, 0.15) is 13.3 Å². The minimum Gasteiger partial charge on any atom is -0.439 e. The van der Waals surface area contributed by atoms with Crippen LogP contribution in [0.15, 0.2) is 30.3 Å². The molecule has 0 atom stereocenters. The second-order valence-electron chi connectivity index (χ2n) is 3.93. The van der Waals surface area contributed by atoms with Crippen molar-refractivity contribution in [2.45, 2.75) is 13.3 Å². The first-order valence-corrected chi connectivity index (χ1v) is 6.37. The number of aromatic nitrogens is 2. The molecule has 3 N–H and O–H groups in total. The maximum atomic E-state index is 5.81. The molecule has 5 nitrogen and oxygen atoms in total. The van der Waals surface area contributed by atoms with Crippen molar-refractivity contribution in [1.29, 1.82) is 0 Å². The van der Waals surface area contributed by atoms with Crippen LogP contribution in [-0.4, -0.2) is 16.5 Å². The Morgan fingerprint density at radius 1 is 1.26 bits per heavy atom. The average Bonchev–Trinajstić information content (AvgIpc) is 2.38. The van der Waals surface area contributed by atoms with Crippen molar-refractivity contribution in [1.82, 2.24) is 9.97 Å². The Labute approximate surface area is 116 Å². The third kappa shape index (κ3) is 3.99. The second kappa shape index (κ2) is 6.24. The quantitative estimate of drug-likeness (QED) is 0.878. The van der Waals surface area contributed by atoms with E-state index in [4.69, 9.17) is 22.1 Å². The van der Waals surface area contributed by atoms with E-state index in [1.54, 1.807) is 30.3 Å². The molecule has 0 aliphatic rings.